The van der Waals surface area contributed by atoms with Crippen molar-refractivity contribution in [2.24, 2.45) is 0 Å². The number of carboxylic acid groups (broad SMARTS) is 2. The second-order valence-electron chi connectivity index (χ2n) is 5.83. The minimum absolute atomic E-state index is 0.0974. The smallest absolute Gasteiger partial charge is 0.331 e. The Balaban J connectivity index is 5.52. The van der Waals surface area contributed by atoms with Gasteiger partial charge in [-0.15, -0.1) is 0 Å². The molecule has 0 aliphatic heterocycles. The van der Waals surface area contributed by atoms with Gasteiger partial charge in [-0.25, -0.2) is 0 Å². The molecule has 0 aromatic heterocycles. The lowest BCUT2D eigenvalue weighted by Crippen LogP contribution is -2.45. The molecule has 172 valence electrons. The van der Waals surface area contributed by atoms with Crippen LogP contribution in [0.25, 0.3) is 0 Å². The third kappa shape index (κ3) is 11.2. The number of nitrogens with zero attached hydrogens (tertiary/aromatic N) is 1. The monoisotopic (exact) mass is 461 g/mol. The molecule has 0 saturated carbocycles. The normalized spacial score (nSPS) is 13.6. The molecule has 0 aliphatic carbocycles. The van der Waals surface area contributed by atoms with Crippen LogP contribution in [0.4, 0.5) is 0 Å². The average molecular weight is 461 g/mol. The Bertz CT molecular complexity index is 546. The van der Waals surface area contributed by atoms with Crippen LogP contribution in [0, 0.1) is 0 Å². The van der Waals surface area contributed by atoms with Gasteiger partial charge in [0, 0.05) is 13.1 Å². The summed E-state index contributed by atoms with van der Waals surface area (Å²) in [6, 6.07) is -1.42. The molecule has 1 atom stereocenters. The van der Waals surface area contributed by atoms with Crippen LogP contribution in [-0.4, -0.2) is 84.9 Å². The maximum absolute atomic E-state index is 12.7. The van der Waals surface area contributed by atoms with Crippen molar-refractivity contribution >= 4 is 27.1 Å². The topological polar surface area (TPSA) is 149 Å². The number of rotatable bonds is 18. The highest BCUT2D eigenvalue weighted by atomic mass is 31.2. The first-order chi connectivity index (χ1) is 13.6. The maximum atomic E-state index is 12.7. The highest BCUT2D eigenvalue weighted by molar-refractivity contribution is 7.54. The van der Waals surface area contributed by atoms with Crippen molar-refractivity contribution in [3.63, 3.8) is 0 Å². The fourth-order valence-corrected chi connectivity index (χ4v) is 5.83. The Kier molecular flexibility index (Phi) is 13.9. The number of carbonyl (C=O) groups is 2. The fourth-order valence-electron chi connectivity index (χ4n) is 2.58. The molecule has 0 spiro atoms. The third-order valence-electron chi connectivity index (χ3n) is 3.72. The summed E-state index contributed by atoms with van der Waals surface area (Å²) in [5, 5.41) is 18.6. The van der Waals surface area contributed by atoms with Crippen molar-refractivity contribution in [1.82, 2.24) is 4.90 Å². The fraction of sp³-hybridized carbons (Fsp3) is 0.875. The average Bonchev–Trinajstić information content (AvgIpc) is 2.60. The molecule has 29 heavy (non-hydrogen) atoms. The number of hydrogen-bond donors (Lipinski definition) is 2. The summed E-state index contributed by atoms with van der Waals surface area (Å²) in [6.07, 6.45) is -0.978. The lowest BCUT2D eigenvalue weighted by atomic mass is 10.2. The number of aliphatic carboxylic acids is 2. The molecule has 0 saturated heterocycles. The first kappa shape index (κ1) is 28.2. The van der Waals surface area contributed by atoms with Crippen LogP contribution in [0.5, 0.6) is 0 Å². The van der Waals surface area contributed by atoms with Crippen molar-refractivity contribution in [1.29, 1.82) is 0 Å². The van der Waals surface area contributed by atoms with E-state index in [-0.39, 0.29) is 51.8 Å². The Morgan fingerprint density at radius 2 is 1.14 bits per heavy atom. The molecule has 0 bridgehead atoms. The van der Waals surface area contributed by atoms with Crippen molar-refractivity contribution in [2.75, 3.05) is 51.8 Å². The molecule has 0 rings (SSSR count). The van der Waals surface area contributed by atoms with E-state index in [9.17, 15) is 23.8 Å². The minimum atomic E-state index is -3.48. The number of hydrogen-bond acceptors (Lipinski definition) is 9. The van der Waals surface area contributed by atoms with Gasteiger partial charge in [0.2, 0.25) is 0 Å². The third-order valence-corrected chi connectivity index (χ3v) is 7.82. The van der Waals surface area contributed by atoms with Gasteiger partial charge in [-0.05, 0) is 27.7 Å². The molecule has 0 fully saturated rings. The first-order valence-corrected chi connectivity index (χ1v) is 13.0. The molecule has 13 heteroatoms. The molecule has 0 radical (unpaired) electrons. The summed E-state index contributed by atoms with van der Waals surface area (Å²) in [5.74, 6) is -2.67. The Morgan fingerprint density at radius 3 is 1.38 bits per heavy atom. The van der Waals surface area contributed by atoms with Crippen molar-refractivity contribution in [2.45, 2.75) is 40.2 Å². The van der Waals surface area contributed by atoms with Crippen LogP contribution in [0.15, 0.2) is 0 Å². The second-order valence-corrected chi connectivity index (χ2v) is 10.2. The van der Waals surface area contributed by atoms with Gasteiger partial charge in [-0.1, -0.05) is 0 Å². The van der Waals surface area contributed by atoms with Crippen LogP contribution < -0.4 is 0 Å². The molecule has 2 N–H and O–H groups in total. The first-order valence-electron chi connectivity index (χ1n) is 9.51. The number of carboxylic acids is 2. The zero-order valence-electron chi connectivity index (χ0n) is 17.4. The van der Waals surface area contributed by atoms with E-state index in [2.05, 4.69) is 0 Å². The van der Waals surface area contributed by atoms with Crippen LogP contribution in [0.3, 0.4) is 0 Å². The summed E-state index contributed by atoms with van der Waals surface area (Å²) in [5.41, 5.74) is 0. The molecular formula is C16H33NO10P2. The van der Waals surface area contributed by atoms with Gasteiger partial charge < -0.3 is 28.3 Å². The molecule has 11 nitrogen and oxygen atoms in total. The molecule has 0 aromatic rings. The highest BCUT2D eigenvalue weighted by Crippen LogP contribution is 2.49. The van der Waals surface area contributed by atoms with E-state index >= 15 is 0 Å². The molecular weight excluding hydrogens is 428 g/mol. The predicted molar refractivity (Wildman–Crippen MR) is 107 cm³/mol. The lowest BCUT2D eigenvalue weighted by molar-refractivity contribution is -0.149. The van der Waals surface area contributed by atoms with Gasteiger partial charge in [-0.2, -0.15) is 0 Å². The quantitative estimate of drug-likeness (QED) is 0.290. The van der Waals surface area contributed by atoms with E-state index in [0.29, 0.717) is 0 Å². The second kappa shape index (κ2) is 14.2. The van der Waals surface area contributed by atoms with Crippen LogP contribution in [0.1, 0.15) is 34.1 Å². The van der Waals surface area contributed by atoms with Gasteiger partial charge in [0.05, 0.1) is 45.2 Å². The van der Waals surface area contributed by atoms with Gasteiger partial charge in [0.1, 0.15) is 6.04 Å². The molecule has 0 heterocycles. The molecule has 0 unspecified atom stereocenters. The zero-order chi connectivity index (χ0) is 22.5. The van der Waals surface area contributed by atoms with E-state index < -0.39 is 39.6 Å². The van der Waals surface area contributed by atoms with E-state index in [1.54, 1.807) is 27.7 Å². The van der Waals surface area contributed by atoms with Crippen LogP contribution in [0.2, 0.25) is 0 Å². The lowest BCUT2D eigenvalue weighted by Gasteiger charge is -2.30. The van der Waals surface area contributed by atoms with E-state index in [1.165, 1.54) is 4.90 Å². The van der Waals surface area contributed by atoms with E-state index in [0.717, 1.165) is 0 Å². The predicted octanol–water partition coefficient (Wildman–Crippen LogP) is 2.75. The maximum Gasteiger partial charge on any atom is 0.331 e. The molecule has 0 aliphatic rings. The Labute approximate surface area is 171 Å². The summed E-state index contributed by atoms with van der Waals surface area (Å²) >= 11 is 0. The highest BCUT2D eigenvalue weighted by Gasteiger charge is 2.34. The Hall–Kier alpha value is -0.800. The van der Waals surface area contributed by atoms with E-state index in [1.807, 2.05) is 0 Å². The Morgan fingerprint density at radius 1 is 0.793 bits per heavy atom. The molecule has 0 aromatic carbocycles. The minimum Gasteiger partial charge on any atom is -0.481 e. The van der Waals surface area contributed by atoms with E-state index in [4.69, 9.17) is 23.2 Å². The van der Waals surface area contributed by atoms with Crippen molar-refractivity contribution in [3.8, 4) is 0 Å². The SMILES string of the molecule is CCOP(=O)(CCN(CCP(=O)(OCC)OCC)[C@@H](CC(=O)O)C(=O)O)OCC. The van der Waals surface area contributed by atoms with Gasteiger partial charge in [0.15, 0.2) is 0 Å². The van der Waals surface area contributed by atoms with Crippen LogP contribution >= 0.6 is 15.2 Å². The van der Waals surface area contributed by atoms with Gasteiger partial charge in [0.25, 0.3) is 0 Å². The standard InChI is InChI=1S/C16H33NO10P2/c1-5-24-28(22,25-6-2)11-9-17(14(16(20)21)13-15(18)19)10-12-29(23,26-7-3)27-8-4/h14H,5-13H2,1-4H3,(H,18,19)(H,20,21)/t14-/m0/s1. The van der Waals surface area contributed by atoms with Crippen LogP contribution in [-0.2, 0) is 36.8 Å². The van der Waals surface area contributed by atoms with Gasteiger partial charge in [-0.3, -0.25) is 23.6 Å². The summed E-state index contributed by atoms with van der Waals surface area (Å²) < 4.78 is 46.2. The zero-order valence-corrected chi connectivity index (χ0v) is 19.2. The van der Waals surface area contributed by atoms with Crippen molar-refractivity contribution in [3.05, 3.63) is 0 Å². The summed E-state index contributed by atoms with van der Waals surface area (Å²) in [7, 11) is -6.96. The van der Waals surface area contributed by atoms with Crippen molar-refractivity contribution < 1.29 is 47.0 Å². The van der Waals surface area contributed by atoms with Gasteiger partial charge >= 0.3 is 27.1 Å². The summed E-state index contributed by atoms with van der Waals surface area (Å²) in [4.78, 5) is 24.1. The molecule has 0 amide bonds. The summed E-state index contributed by atoms with van der Waals surface area (Å²) in [6.45, 7) is 6.94. The largest absolute Gasteiger partial charge is 0.481 e.